The number of benzene rings is 1. The average molecular weight is 196 g/mol. The summed E-state index contributed by atoms with van der Waals surface area (Å²) >= 11 is 6.07. The number of halogens is 1. The Morgan fingerprint density at radius 3 is 2.85 bits per heavy atom. The van der Waals surface area contributed by atoms with E-state index in [-0.39, 0.29) is 0 Å². The molecule has 0 aliphatic heterocycles. The minimum Gasteiger partial charge on any atom is -0.376 e. The topological polar surface area (TPSA) is 31.9 Å². The van der Waals surface area contributed by atoms with Crippen molar-refractivity contribution in [3.63, 3.8) is 0 Å². The number of anilines is 1. The highest BCUT2D eigenvalue weighted by molar-refractivity contribution is 6.34. The van der Waals surface area contributed by atoms with E-state index in [4.69, 9.17) is 11.6 Å². The Labute approximate surface area is 81.3 Å². The van der Waals surface area contributed by atoms with E-state index in [1.807, 2.05) is 31.1 Å². The standard InChI is InChI=1S/C9H10ClN3/c1-13(2)9-4-8-7(3-6(9)10)11-5-12-8/h3-5H,1-2H3,(H,11,12). The van der Waals surface area contributed by atoms with Crippen molar-refractivity contribution in [2.24, 2.45) is 0 Å². The first-order valence-corrected chi connectivity index (χ1v) is 4.36. The maximum atomic E-state index is 6.07. The number of fused-ring (bicyclic) bond motifs is 1. The molecular weight excluding hydrogens is 186 g/mol. The van der Waals surface area contributed by atoms with Crippen LogP contribution in [-0.4, -0.2) is 24.1 Å². The molecule has 0 fully saturated rings. The highest BCUT2D eigenvalue weighted by Crippen LogP contribution is 2.27. The monoisotopic (exact) mass is 195 g/mol. The van der Waals surface area contributed by atoms with Crippen LogP contribution >= 0.6 is 11.6 Å². The lowest BCUT2D eigenvalue weighted by atomic mass is 10.2. The smallest absolute Gasteiger partial charge is 0.0931 e. The van der Waals surface area contributed by atoms with Gasteiger partial charge in [-0.15, -0.1) is 0 Å². The van der Waals surface area contributed by atoms with Crippen molar-refractivity contribution in [1.29, 1.82) is 0 Å². The maximum absolute atomic E-state index is 6.07. The molecule has 0 amide bonds. The summed E-state index contributed by atoms with van der Waals surface area (Å²) < 4.78 is 0. The SMILES string of the molecule is CN(C)c1cc2nc[nH]c2cc1Cl. The van der Waals surface area contributed by atoms with Crippen molar-refractivity contribution in [3.8, 4) is 0 Å². The molecule has 0 aliphatic carbocycles. The third-order valence-electron chi connectivity index (χ3n) is 1.97. The van der Waals surface area contributed by atoms with Gasteiger partial charge < -0.3 is 9.88 Å². The van der Waals surface area contributed by atoms with Crippen molar-refractivity contribution in [1.82, 2.24) is 9.97 Å². The van der Waals surface area contributed by atoms with Gasteiger partial charge in [-0.2, -0.15) is 0 Å². The lowest BCUT2D eigenvalue weighted by Crippen LogP contribution is -2.08. The van der Waals surface area contributed by atoms with Crippen molar-refractivity contribution in [2.45, 2.75) is 0 Å². The van der Waals surface area contributed by atoms with E-state index in [0.29, 0.717) is 0 Å². The van der Waals surface area contributed by atoms with Crippen molar-refractivity contribution >= 4 is 28.3 Å². The summed E-state index contributed by atoms with van der Waals surface area (Å²) in [6, 6.07) is 3.85. The van der Waals surface area contributed by atoms with Gasteiger partial charge in [-0.05, 0) is 12.1 Å². The molecule has 0 spiro atoms. The third-order valence-corrected chi connectivity index (χ3v) is 2.27. The fourth-order valence-electron chi connectivity index (χ4n) is 1.29. The summed E-state index contributed by atoms with van der Waals surface area (Å²) in [6.07, 6.45) is 1.67. The van der Waals surface area contributed by atoms with Crippen molar-refractivity contribution in [2.75, 3.05) is 19.0 Å². The van der Waals surface area contributed by atoms with E-state index in [1.165, 1.54) is 0 Å². The predicted octanol–water partition coefficient (Wildman–Crippen LogP) is 2.28. The molecule has 0 saturated heterocycles. The van der Waals surface area contributed by atoms with Gasteiger partial charge >= 0.3 is 0 Å². The summed E-state index contributed by atoms with van der Waals surface area (Å²) in [7, 11) is 3.92. The molecule has 0 saturated carbocycles. The van der Waals surface area contributed by atoms with E-state index < -0.39 is 0 Å². The Hall–Kier alpha value is -1.22. The van der Waals surface area contributed by atoms with Crippen molar-refractivity contribution in [3.05, 3.63) is 23.5 Å². The molecule has 1 N–H and O–H groups in total. The van der Waals surface area contributed by atoms with Crippen LogP contribution in [0.2, 0.25) is 5.02 Å². The van der Waals surface area contributed by atoms with Crippen LogP contribution in [0.1, 0.15) is 0 Å². The van der Waals surface area contributed by atoms with Crippen LogP contribution in [-0.2, 0) is 0 Å². The quantitative estimate of drug-likeness (QED) is 0.757. The Morgan fingerprint density at radius 1 is 1.38 bits per heavy atom. The number of rotatable bonds is 1. The zero-order valence-electron chi connectivity index (χ0n) is 7.50. The summed E-state index contributed by atoms with van der Waals surface area (Å²) in [6.45, 7) is 0. The molecule has 0 unspecified atom stereocenters. The zero-order chi connectivity index (χ0) is 9.42. The second-order valence-corrected chi connectivity index (χ2v) is 3.52. The number of imidazole rings is 1. The molecule has 13 heavy (non-hydrogen) atoms. The van der Waals surface area contributed by atoms with E-state index in [0.717, 1.165) is 21.7 Å². The molecule has 2 aromatic rings. The first-order valence-electron chi connectivity index (χ1n) is 3.98. The fraction of sp³-hybridized carbons (Fsp3) is 0.222. The van der Waals surface area contributed by atoms with Crippen LogP contribution < -0.4 is 4.90 Å². The molecule has 1 heterocycles. The van der Waals surface area contributed by atoms with Crippen LogP contribution in [0.3, 0.4) is 0 Å². The number of aromatic amines is 1. The molecule has 0 aliphatic rings. The molecule has 68 valence electrons. The normalized spacial score (nSPS) is 10.7. The van der Waals surface area contributed by atoms with E-state index >= 15 is 0 Å². The number of aromatic nitrogens is 2. The zero-order valence-corrected chi connectivity index (χ0v) is 8.26. The molecule has 0 bridgehead atoms. The predicted molar refractivity (Wildman–Crippen MR) is 55.4 cm³/mol. The van der Waals surface area contributed by atoms with Gasteiger partial charge in [-0.1, -0.05) is 11.6 Å². The Kier molecular flexibility index (Phi) is 1.88. The van der Waals surface area contributed by atoms with Gasteiger partial charge in [-0.25, -0.2) is 4.98 Å². The summed E-state index contributed by atoms with van der Waals surface area (Å²) in [5.74, 6) is 0. The Morgan fingerprint density at radius 2 is 2.15 bits per heavy atom. The summed E-state index contributed by atoms with van der Waals surface area (Å²) in [5, 5.41) is 0.738. The highest BCUT2D eigenvalue weighted by atomic mass is 35.5. The average Bonchev–Trinajstić information content (AvgIpc) is 2.48. The fourth-order valence-corrected chi connectivity index (χ4v) is 1.62. The largest absolute Gasteiger partial charge is 0.376 e. The van der Waals surface area contributed by atoms with E-state index in [9.17, 15) is 0 Å². The van der Waals surface area contributed by atoms with Gasteiger partial charge in [0.05, 0.1) is 28.1 Å². The second-order valence-electron chi connectivity index (χ2n) is 3.12. The molecule has 0 atom stereocenters. The third kappa shape index (κ3) is 1.35. The first kappa shape index (κ1) is 8.38. The van der Waals surface area contributed by atoms with Crippen LogP contribution in [0, 0.1) is 0 Å². The minimum absolute atomic E-state index is 0.738. The summed E-state index contributed by atoms with van der Waals surface area (Å²) in [4.78, 5) is 9.14. The number of nitrogens with zero attached hydrogens (tertiary/aromatic N) is 2. The Bertz CT molecular complexity index is 433. The maximum Gasteiger partial charge on any atom is 0.0931 e. The Balaban J connectivity index is 2.69. The molecule has 4 heteroatoms. The second kappa shape index (κ2) is 2.92. The van der Waals surface area contributed by atoms with Crippen molar-refractivity contribution < 1.29 is 0 Å². The number of hydrogen-bond donors (Lipinski definition) is 1. The van der Waals surface area contributed by atoms with Gasteiger partial charge in [0.25, 0.3) is 0 Å². The first-order chi connectivity index (χ1) is 6.18. The van der Waals surface area contributed by atoms with E-state index in [1.54, 1.807) is 6.33 Å². The lowest BCUT2D eigenvalue weighted by Gasteiger charge is -2.13. The molecule has 1 aromatic heterocycles. The van der Waals surface area contributed by atoms with Crippen LogP contribution in [0.5, 0.6) is 0 Å². The molecule has 0 radical (unpaired) electrons. The van der Waals surface area contributed by atoms with Gasteiger partial charge in [-0.3, -0.25) is 0 Å². The van der Waals surface area contributed by atoms with Crippen LogP contribution in [0.4, 0.5) is 5.69 Å². The lowest BCUT2D eigenvalue weighted by molar-refractivity contribution is 1.13. The van der Waals surface area contributed by atoms with Gasteiger partial charge in [0.1, 0.15) is 0 Å². The molecular formula is C9H10ClN3. The molecule has 2 rings (SSSR count). The van der Waals surface area contributed by atoms with E-state index in [2.05, 4.69) is 9.97 Å². The van der Waals surface area contributed by atoms with Crippen LogP contribution in [0.15, 0.2) is 18.5 Å². The number of hydrogen-bond acceptors (Lipinski definition) is 2. The van der Waals surface area contributed by atoms with Gasteiger partial charge in [0, 0.05) is 14.1 Å². The highest BCUT2D eigenvalue weighted by Gasteiger charge is 2.05. The molecule has 3 nitrogen and oxygen atoms in total. The van der Waals surface area contributed by atoms with Crippen LogP contribution in [0.25, 0.3) is 11.0 Å². The van der Waals surface area contributed by atoms with Gasteiger partial charge in [0.15, 0.2) is 0 Å². The summed E-state index contributed by atoms with van der Waals surface area (Å²) in [5.41, 5.74) is 2.89. The molecule has 1 aromatic carbocycles. The number of nitrogens with one attached hydrogen (secondary N) is 1. The number of H-pyrrole nitrogens is 1. The van der Waals surface area contributed by atoms with Gasteiger partial charge in [0.2, 0.25) is 0 Å². The minimum atomic E-state index is 0.738.